The van der Waals surface area contributed by atoms with Crippen LogP contribution < -0.4 is 20.4 Å². The molecular weight excluding hydrogens is 803 g/mol. The van der Waals surface area contributed by atoms with Crippen molar-refractivity contribution in [1.82, 2.24) is 0 Å². The van der Waals surface area contributed by atoms with Crippen molar-refractivity contribution >= 4 is 23.9 Å². The number of hydrogen-bond acceptors (Lipinski definition) is 24. The Labute approximate surface area is 303 Å². The van der Waals surface area contributed by atoms with Crippen molar-refractivity contribution in [3.63, 3.8) is 0 Å². The van der Waals surface area contributed by atoms with Crippen molar-refractivity contribution in [3.8, 4) is 0 Å². The Balaban J connectivity index is 0. The zero-order valence-corrected chi connectivity index (χ0v) is 31.1. The third-order valence-electron chi connectivity index (χ3n) is 5.82. The molecule has 0 spiro atoms. The first-order chi connectivity index (χ1) is 22.3. The maximum atomic E-state index is 10.8. The molecule has 4 rings (SSSR count). The van der Waals surface area contributed by atoms with Crippen LogP contribution in [0, 0.1) is 0 Å². The Kier molecular flexibility index (Phi) is 20.7. The van der Waals surface area contributed by atoms with Crippen LogP contribution in [-0.2, 0) is 77.1 Å². The van der Waals surface area contributed by atoms with Crippen LogP contribution in [0.25, 0.3) is 0 Å². The first-order valence-electron chi connectivity index (χ1n) is 12.7. The summed E-state index contributed by atoms with van der Waals surface area (Å²) < 4.78 is 17.0. The summed E-state index contributed by atoms with van der Waals surface area (Å²) in [5, 5.41) is 147. The van der Waals surface area contributed by atoms with Gasteiger partial charge in [-0.1, -0.05) is 0 Å². The Morgan fingerprint density at radius 2 is 0.560 bits per heavy atom. The molecule has 0 saturated heterocycles. The molecule has 0 saturated carbocycles. The summed E-state index contributed by atoms with van der Waals surface area (Å²) in [6.45, 7) is -2.85. The van der Waals surface area contributed by atoms with Crippen LogP contribution in [0.5, 0.6) is 0 Å². The summed E-state index contributed by atoms with van der Waals surface area (Å²) in [5.74, 6) is -12.8. The number of rotatable bonds is 8. The third-order valence-corrected chi connectivity index (χ3v) is 5.82. The molecule has 0 aliphatic carbocycles. The van der Waals surface area contributed by atoms with Gasteiger partial charge in [-0.15, -0.1) is 0 Å². The quantitative estimate of drug-likeness (QED) is 0.0614. The third kappa shape index (κ3) is 11.6. The molecule has 0 unspecified atom stereocenters. The molecule has 0 bridgehead atoms. The van der Waals surface area contributed by atoms with Gasteiger partial charge in [-0.25, -0.2) is 19.2 Å². The number of esters is 4. The SMILES string of the molecule is O=C1O[C@H]([C@@H](O)CO)C([O-])=C1O.O=C1O[C@H]([C@@H](O)CO)C([O-])=C1O.O=C1O[C@H]([C@@H](O)CO)C([O-])=C1O.O=C1O[C@H]([C@@H](O)CO)C([O-])=C1O.[Zn+2].[Zn+2]. The van der Waals surface area contributed by atoms with Gasteiger partial charge in [-0.2, -0.15) is 0 Å². The maximum absolute atomic E-state index is 10.8. The molecule has 12 N–H and O–H groups in total. The van der Waals surface area contributed by atoms with Crippen LogP contribution in [0.3, 0.4) is 0 Å². The molecule has 0 aromatic carbocycles. The first kappa shape index (κ1) is 48.3. The van der Waals surface area contributed by atoms with Gasteiger partial charge < -0.3 is 101 Å². The molecule has 4 heterocycles. The topological polar surface area (TPSA) is 440 Å². The molecule has 272 valence electrons. The van der Waals surface area contributed by atoms with E-state index in [0.717, 1.165) is 0 Å². The minimum atomic E-state index is -1.48. The number of ether oxygens (including phenoxy) is 4. The number of cyclic esters (lactones) is 4. The molecule has 26 heteroatoms. The summed E-state index contributed by atoms with van der Waals surface area (Å²) in [7, 11) is 0. The molecular formula is C24H28O24Zn2. The van der Waals surface area contributed by atoms with Crippen molar-refractivity contribution in [2.75, 3.05) is 26.4 Å². The zero-order valence-electron chi connectivity index (χ0n) is 25.1. The van der Waals surface area contributed by atoms with Gasteiger partial charge in [-0.05, 0) is 23.0 Å². The van der Waals surface area contributed by atoms with Crippen LogP contribution in [0.1, 0.15) is 0 Å². The van der Waals surface area contributed by atoms with E-state index in [4.69, 9.17) is 61.3 Å². The molecule has 24 nitrogen and oxygen atoms in total. The van der Waals surface area contributed by atoms with Crippen molar-refractivity contribution in [3.05, 3.63) is 46.1 Å². The van der Waals surface area contributed by atoms with E-state index in [-0.39, 0.29) is 39.0 Å². The molecule has 0 radical (unpaired) electrons. The van der Waals surface area contributed by atoms with Gasteiger partial charge in [0.25, 0.3) is 0 Å². The summed E-state index contributed by atoms with van der Waals surface area (Å²) >= 11 is 0. The zero-order chi connectivity index (χ0) is 37.2. The second-order valence-electron chi connectivity index (χ2n) is 9.15. The van der Waals surface area contributed by atoms with Gasteiger partial charge in [0.2, 0.25) is 0 Å². The van der Waals surface area contributed by atoms with Crippen molar-refractivity contribution in [2.24, 2.45) is 0 Å². The standard InChI is InChI=1S/4C6H8O6.2Zn/c4*7-1-2(8)5-3(9)4(10)6(11)12-5;;/h4*2,5,7-10H,1H2;;/q;;;;2*+2/p-4/t4*2-,5+;;/m0000../s1. The number of carbonyl (C=O) groups is 4. The Morgan fingerprint density at radius 3 is 0.640 bits per heavy atom. The van der Waals surface area contributed by atoms with Crippen LogP contribution >= 0.6 is 0 Å². The molecule has 0 amide bonds. The number of hydrogen-bond donors (Lipinski definition) is 12. The second kappa shape index (κ2) is 21.4. The predicted molar refractivity (Wildman–Crippen MR) is 131 cm³/mol. The van der Waals surface area contributed by atoms with Crippen LogP contribution in [0.4, 0.5) is 0 Å². The largest absolute Gasteiger partial charge is 2.00 e. The monoisotopic (exact) mass is 828 g/mol. The summed E-state index contributed by atoms with van der Waals surface area (Å²) in [6.07, 6.45) is -11.8. The Hall–Kier alpha value is -3.83. The fourth-order valence-corrected chi connectivity index (χ4v) is 3.24. The van der Waals surface area contributed by atoms with Gasteiger partial charge in [0.15, 0.2) is 23.0 Å². The number of carbonyl (C=O) groups excluding carboxylic acids is 4. The minimum absolute atomic E-state index is 0. The van der Waals surface area contributed by atoms with E-state index in [0.29, 0.717) is 0 Å². The van der Waals surface area contributed by atoms with E-state index in [1.807, 2.05) is 0 Å². The number of aliphatic hydroxyl groups is 12. The van der Waals surface area contributed by atoms with E-state index >= 15 is 0 Å². The minimum Gasteiger partial charge on any atom is -0.870 e. The van der Waals surface area contributed by atoms with E-state index in [9.17, 15) is 39.6 Å². The normalized spacial score (nSPS) is 24.8. The van der Waals surface area contributed by atoms with Gasteiger partial charge in [0.1, 0.15) is 48.8 Å². The summed E-state index contributed by atoms with van der Waals surface area (Å²) in [6, 6.07) is 0. The van der Waals surface area contributed by atoms with Crippen molar-refractivity contribution < 1.29 is 159 Å². The van der Waals surface area contributed by atoms with Crippen LogP contribution in [-0.4, -0.2) is 160 Å². The van der Waals surface area contributed by atoms with Crippen molar-refractivity contribution in [2.45, 2.75) is 48.8 Å². The Bertz CT molecular complexity index is 1140. The van der Waals surface area contributed by atoms with Crippen LogP contribution in [0.2, 0.25) is 0 Å². The van der Waals surface area contributed by atoms with Gasteiger partial charge in [0, 0.05) is 0 Å². The molecule has 0 fully saturated rings. The first-order valence-corrected chi connectivity index (χ1v) is 12.7. The fourth-order valence-electron chi connectivity index (χ4n) is 3.24. The average Bonchev–Trinajstić information content (AvgIpc) is 3.70. The van der Waals surface area contributed by atoms with E-state index in [1.165, 1.54) is 0 Å². The fraction of sp³-hybridized carbons (Fsp3) is 0.500. The molecule has 0 aromatic heterocycles. The number of aliphatic hydroxyl groups excluding tert-OH is 12. The molecule has 50 heavy (non-hydrogen) atoms. The molecule has 4 aliphatic heterocycles. The van der Waals surface area contributed by atoms with Gasteiger partial charge in [-0.3, -0.25) is 0 Å². The summed E-state index contributed by atoms with van der Waals surface area (Å²) in [4.78, 5) is 42.0. The van der Waals surface area contributed by atoms with Gasteiger partial charge in [0.05, 0.1) is 26.4 Å². The molecule has 8 atom stereocenters. The van der Waals surface area contributed by atoms with E-state index in [1.54, 1.807) is 0 Å². The average molecular weight is 831 g/mol. The second-order valence-corrected chi connectivity index (χ2v) is 9.15. The van der Waals surface area contributed by atoms with E-state index < -0.39 is 145 Å². The molecule has 0 aromatic rings. The predicted octanol–water partition coefficient (Wildman–Crippen LogP) is -10.4. The summed E-state index contributed by atoms with van der Waals surface area (Å²) in [5.41, 5.74) is 0. The van der Waals surface area contributed by atoms with Gasteiger partial charge >= 0.3 is 62.8 Å². The van der Waals surface area contributed by atoms with Crippen molar-refractivity contribution in [1.29, 1.82) is 0 Å². The van der Waals surface area contributed by atoms with E-state index in [2.05, 4.69) is 18.9 Å². The maximum Gasteiger partial charge on any atom is 2.00 e. The smallest absolute Gasteiger partial charge is 0.870 e. The Morgan fingerprint density at radius 1 is 0.420 bits per heavy atom. The van der Waals surface area contributed by atoms with Crippen LogP contribution in [0.15, 0.2) is 46.1 Å². The molecule has 4 aliphatic rings.